The number of hydrogen-bond donors (Lipinski definition) is 1. The zero-order valence-electron chi connectivity index (χ0n) is 16.3. The Labute approximate surface area is 157 Å². The summed E-state index contributed by atoms with van der Waals surface area (Å²) in [5, 5.41) is 2.93. The molecule has 1 aromatic carbocycles. The van der Waals surface area contributed by atoms with Crippen LogP contribution in [0.1, 0.15) is 24.8 Å². The van der Waals surface area contributed by atoms with E-state index in [0.717, 1.165) is 24.9 Å². The number of benzene rings is 1. The van der Waals surface area contributed by atoms with E-state index in [-0.39, 0.29) is 17.9 Å². The minimum absolute atomic E-state index is 0.00246. The van der Waals surface area contributed by atoms with Crippen LogP contribution in [0, 0.1) is 0 Å². The lowest BCUT2D eigenvalue weighted by atomic mass is 10.0. The maximum atomic E-state index is 12.6. The van der Waals surface area contributed by atoms with E-state index < -0.39 is 0 Å². The maximum absolute atomic E-state index is 12.6. The molecule has 2 amide bonds. The number of likely N-dealkylation sites (N-methyl/N-ethyl adjacent to an activating group) is 3. The van der Waals surface area contributed by atoms with E-state index in [1.807, 2.05) is 56.4 Å². The molecule has 0 saturated carbocycles. The molecular weight excluding hydrogens is 328 g/mol. The highest BCUT2D eigenvalue weighted by atomic mass is 16.2. The first-order chi connectivity index (χ1) is 12.5. The molecular formula is C20H32N4O2. The quantitative estimate of drug-likeness (QED) is 0.756. The lowest BCUT2D eigenvalue weighted by Gasteiger charge is -2.34. The van der Waals surface area contributed by atoms with Crippen LogP contribution in [0.25, 0.3) is 0 Å². The van der Waals surface area contributed by atoms with Crippen molar-refractivity contribution < 1.29 is 9.59 Å². The summed E-state index contributed by atoms with van der Waals surface area (Å²) >= 11 is 0. The van der Waals surface area contributed by atoms with Gasteiger partial charge in [0.2, 0.25) is 11.8 Å². The van der Waals surface area contributed by atoms with Gasteiger partial charge >= 0.3 is 0 Å². The average molecular weight is 361 g/mol. The lowest BCUT2D eigenvalue weighted by Crippen LogP contribution is -2.49. The van der Waals surface area contributed by atoms with Crippen LogP contribution in [-0.4, -0.2) is 79.9 Å². The van der Waals surface area contributed by atoms with E-state index in [2.05, 4.69) is 10.2 Å². The number of likely N-dealkylation sites (tertiary alicyclic amines) is 1. The Morgan fingerprint density at radius 2 is 1.88 bits per heavy atom. The Bertz CT molecular complexity index is 578. The van der Waals surface area contributed by atoms with Crippen LogP contribution in [0.15, 0.2) is 30.3 Å². The van der Waals surface area contributed by atoms with Gasteiger partial charge in [0, 0.05) is 26.7 Å². The molecule has 1 heterocycles. The second-order valence-corrected chi connectivity index (χ2v) is 7.25. The highest BCUT2D eigenvalue weighted by Gasteiger charge is 2.28. The summed E-state index contributed by atoms with van der Waals surface area (Å²) in [6.07, 6.45) is 3.23. The Morgan fingerprint density at radius 3 is 2.58 bits per heavy atom. The fourth-order valence-electron chi connectivity index (χ4n) is 3.25. The van der Waals surface area contributed by atoms with Crippen LogP contribution in [0.2, 0.25) is 0 Å². The molecule has 1 aliphatic rings. The standard InChI is InChI=1S/C20H32N4O2/c1-22(16-19(25)21-15-17-9-5-4-6-10-17)13-14-24(3)20(26)18-11-7-8-12-23(18)2/h4-6,9-10,18H,7-8,11-16H2,1-3H3,(H,21,25). The molecule has 1 aliphatic heterocycles. The third-order valence-electron chi connectivity index (χ3n) is 4.99. The molecule has 6 heteroatoms. The third kappa shape index (κ3) is 6.42. The molecule has 1 N–H and O–H groups in total. The van der Waals surface area contributed by atoms with Gasteiger partial charge in [-0.2, -0.15) is 0 Å². The van der Waals surface area contributed by atoms with Gasteiger partial charge in [-0.15, -0.1) is 0 Å². The largest absolute Gasteiger partial charge is 0.351 e. The maximum Gasteiger partial charge on any atom is 0.239 e. The fraction of sp³-hybridized carbons (Fsp3) is 0.600. The van der Waals surface area contributed by atoms with E-state index in [1.54, 1.807) is 4.90 Å². The van der Waals surface area contributed by atoms with Gasteiger partial charge in [0.25, 0.3) is 0 Å². The number of carbonyl (C=O) groups excluding carboxylic acids is 2. The normalized spacial score (nSPS) is 17.9. The van der Waals surface area contributed by atoms with Crippen LogP contribution in [0.4, 0.5) is 0 Å². The highest BCUT2D eigenvalue weighted by Crippen LogP contribution is 2.16. The van der Waals surface area contributed by atoms with Gasteiger partial charge in [0.1, 0.15) is 0 Å². The van der Waals surface area contributed by atoms with Crippen molar-refractivity contribution in [2.24, 2.45) is 0 Å². The number of hydrogen-bond acceptors (Lipinski definition) is 4. The first kappa shape index (κ1) is 20.4. The lowest BCUT2D eigenvalue weighted by molar-refractivity contribution is -0.136. The monoisotopic (exact) mass is 360 g/mol. The van der Waals surface area contributed by atoms with Crippen molar-refractivity contribution in [3.8, 4) is 0 Å². The summed E-state index contributed by atoms with van der Waals surface area (Å²) in [6, 6.07) is 9.88. The van der Waals surface area contributed by atoms with Crippen molar-refractivity contribution in [2.75, 3.05) is 47.3 Å². The molecule has 144 valence electrons. The number of nitrogens with one attached hydrogen (secondary N) is 1. The average Bonchev–Trinajstić information content (AvgIpc) is 2.65. The van der Waals surface area contributed by atoms with Gasteiger partial charge in [-0.25, -0.2) is 0 Å². The third-order valence-corrected chi connectivity index (χ3v) is 4.99. The number of nitrogens with zero attached hydrogens (tertiary/aromatic N) is 3. The van der Waals surface area contributed by atoms with Crippen molar-refractivity contribution >= 4 is 11.8 Å². The Kier molecular flexibility index (Phi) is 8.06. The Hall–Kier alpha value is -1.92. The first-order valence-electron chi connectivity index (χ1n) is 9.41. The predicted molar refractivity (Wildman–Crippen MR) is 104 cm³/mol. The molecule has 0 bridgehead atoms. The minimum Gasteiger partial charge on any atom is -0.351 e. The molecule has 2 rings (SSSR count). The summed E-state index contributed by atoms with van der Waals surface area (Å²) in [6.45, 7) is 3.17. The van der Waals surface area contributed by atoms with Gasteiger partial charge in [-0.3, -0.25) is 19.4 Å². The molecule has 26 heavy (non-hydrogen) atoms. The van der Waals surface area contributed by atoms with E-state index >= 15 is 0 Å². The molecule has 0 aromatic heterocycles. The van der Waals surface area contributed by atoms with Crippen LogP contribution in [-0.2, 0) is 16.1 Å². The Morgan fingerprint density at radius 1 is 1.15 bits per heavy atom. The smallest absolute Gasteiger partial charge is 0.239 e. The second kappa shape index (κ2) is 10.3. The molecule has 0 radical (unpaired) electrons. The van der Waals surface area contributed by atoms with E-state index in [1.165, 1.54) is 6.42 Å². The van der Waals surface area contributed by atoms with Crippen molar-refractivity contribution in [1.29, 1.82) is 0 Å². The number of piperidine rings is 1. The summed E-state index contributed by atoms with van der Waals surface area (Å²) in [4.78, 5) is 30.6. The predicted octanol–water partition coefficient (Wildman–Crippen LogP) is 1.18. The summed E-state index contributed by atoms with van der Waals surface area (Å²) in [5.41, 5.74) is 1.09. The van der Waals surface area contributed by atoms with Crippen molar-refractivity contribution in [1.82, 2.24) is 20.0 Å². The molecule has 6 nitrogen and oxygen atoms in total. The van der Waals surface area contributed by atoms with Crippen molar-refractivity contribution in [2.45, 2.75) is 31.8 Å². The molecule has 1 unspecified atom stereocenters. The fourth-order valence-corrected chi connectivity index (χ4v) is 3.25. The minimum atomic E-state index is -0.00246. The van der Waals surface area contributed by atoms with Gasteiger partial charge in [0.05, 0.1) is 12.6 Å². The van der Waals surface area contributed by atoms with E-state index in [0.29, 0.717) is 26.2 Å². The summed E-state index contributed by atoms with van der Waals surface area (Å²) in [5.74, 6) is 0.187. The SMILES string of the molecule is CN(CCN(C)C(=O)C1CCCCN1C)CC(=O)NCc1ccccc1. The number of amides is 2. The van der Waals surface area contributed by atoms with Gasteiger partial charge in [-0.1, -0.05) is 36.8 Å². The Balaban J connectivity index is 1.67. The molecule has 1 fully saturated rings. The summed E-state index contributed by atoms with van der Waals surface area (Å²) < 4.78 is 0. The van der Waals surface area contributed by atoms with Gasteiger partial charge in [0.15, 0.2) is 0 Å². The zero-order valence-corrected chi connectivity index (χ0v) is 16.3. The summed E-state index contributed by atoms with van der Waals surface area (Å²) in [7, 11) is 5.79. The van der Waals surface area contributed by atoms with Crippen LogP contribution in [0.5, 0.6) is 0 Å². The van der Waals surface area contributed by atoms with E-state index in [9.17, 15) is 9.59 Å². The van der Waals surface area contributed by atoms with Gasteiger partial charge < -0.3 is 10.2 Å². The second-order valence-electron chi connectivity index (χ2n) is 7.25. The topological polar surface area (TPSA) is 55.9 Å². The van der Waals surface area contributed by atoms with Crippen molar-refractivity contribution in [3.63, 3.8) is 0 Å². The first-order valence-corrected chi connectivity index (χ1v) is 9.41. The molecule has 1 saturated heterocycles. The zero-order chi connectivity index (χ0) is 18.9. The van der Waals surface area contributed by atoms with E-state index in [4.69, 9.17) is 0 Å². The molecule has 0 aliphatic carbocycles. The van der Waals surface area contributed by atoms with Crippen LogP contribution in [0.3, 0.4) is 0 Å². The molecule has 1 atom stereocenters. The highest BCUT2D eigenvalue weighted by molar-refractivity contribution is 5.81. The van der Waals surface area contributed by atoms with Crippen LogP contribution >= 0.6 is 0 Å². The number of rotatable bonds is 8. The van der Waals surface area contributed by atoms with Crippen molar-refractivity contribution in [3.05, 3.63) is 35.9 Å². The molecule has 0 spiro atoms. The molecule has 1 aromatic rings. The van der Waals surface area contributed by atoms with Gasteiger partial charge in [-0.05, 0) is 39.0 Å². The number of carbonyl (C=O) groups is 2. The van der Waals surface area contributed by atoms with Crippen LogP contribution < -0.4 is 5.32 Å².